The molecule has 1 saturated heterocycles. The van der Waals surface area contributed by atoms with Crippen LogP contribution in [0.15, 0.2) is 48.7 Å². The van der Waals surface area contributed by atoms with Gasteiger partial charge in [0, 0.05) is 29.3 Å². The molecule has 1 N–H and O–H groups in total. The normalized spacial score (nSPS) is 21.5. The number of thiocarbonyl (C=S) groups is 1. The second-order valence-electron chi connectivity index (χ2n) is 9.83. The summed E-state index contributed by atoms with van der Waals surface area (Å²) < 4.78 is 2.60. The second kappa shape index (κ2) is 8.94. The van der Waals surface area contributed by atoms with E-state index in [4.69, 9.17) is 17.2 Å². The van der Waals surface area contributed by atoms with Crippen LogP contribution in [-0.2, 0) is 0 Å². The number of benzene rings is 1. The van der Waals surface area contributed by atoms with Crippen LogP contribution in [0.4, 0.5) is 5.69 Å². The number of rotatable bonds is 4. The molecule has 3 aromatic rings. The summed E-state index contributed by atoms with van der Waals surface area (Å²) >= 11 is 5.95. The molecule has 5 heteroatoms. The number of aromatic nitrogens is 2. The van der Waals surface area contributed by atoms with Gasteiger partial charge in [-0.1, -0.05) is 31.4 Å². The molecule has 1 aliphatic carbocycles. The van der Waals surface area contributed by atoms with Gasteiger partial charge in [-0.3, -0.25) is 4.98 Å². The molecule has 0 spiro atoms. The molecule has 1 aliphatic heterocycles. The molecule has 4 nitrogen and oxygen atoms in total. The maximum absolute atomic E-state index is 5.95. The van der Waals surface area contributed by atoms with Gasteiger partial charge in [0.1, 0.15) is 0 Å². The lowest BCUT2D eigenvalue weighted by Crippen LogP contribution is -2.29. The molecule has 2 aliphatic rings. The second-order valence-corrected chi connectivity index (χ2v) is 10.2. The zero-order chi connectivity index (χ0) is 23.1. The Morgan fingerprint density at radius 3 is 2.33 bits per heavy atom. The summed E-state index contributed by atoms with van der Waals surface area (Å²) in [6.45, 7) is 8.88. The summed E-state index contributed by atoms with van der Waals surface area (Å²) in [5.41, 5.74) is 8.75. The standard InChI is InChI=1S/C28H34N4S/c1-18-14-19(2)16-23(15-18)32-27(26(30-28(32)33)25-12-8-9-13-29-25)24-17-20(3)31(21(24)4)22-10-6-5-7-11-22/h8-9,12-17,22,26-27H,5-7,10-11H2,1-4H3,(H,30,33)/t26-,27-/m0/s1. The van der Waals surface area contributed by atoms with Gasteiger partial charge in [0.15, 0.2) is 5.11 Å². The van der Waals surface area contributed by atoms with E-state index in [1.807, 2.05) is 12.3 Å². The number of nitrogens with zero attached hydrogens (tertiary/aromatic N) is 3. The largest absolute Gasteiger partial charge is 0.351 e. The Bertz CT molecular complexity index is 1140. The Balaban J connectivity index is 1.65. The third kappa shape index (κ3) is 4.08. The van der Waals surface area contributed by atoms with Crippen LogP contribution in [0.2, 0.25) is 0 Å². The van der Waals surface area contributed by atoms with Gasteiger partial charge in [-0.2, -0.15) is 0 Å². The van der Waals surface area contributed by atoms with E-state index < -0.39 is 0 Å². The fourth-order valence-electron chi connectivity index (χ4n) is 6.04. The molecule has 0 amide bonds. The van der Waals surface area contributed by atoms with E-state index in [0.29, 0.717) is 6.04 Å². The van der Waals surface area contributed by atoms with Crippen LogP contribution in [0.3, 0.4) is 0 Å². The summed E-state index contributed by atoms with van der Waals surface area (Å²) in [7, 11) is 0. The number of anilines is 1. The smallest absolute Gasteiger partial charge is 0.174 e. The lowest BCUT2D eigenvalue weighted by atomic mass is 9.94. The lowest BCUT2D eigenvalue weighted by molar-refractivity contribution is 0.345. The maximum Gasteiger partial charge on any atom is 0.174 e. The maximum atomic E-state index is 5.95. The van der Waals surface area contributed by atoms with Crippen LogP contribution in [0.1, 0.15) is 84.0 Å². The molecule has 33 heavy (non-hydrogen) atoms. The minimum absolute atomic E-state index is 0.000163. The highest BCUT2D eigenvalue weighted by Crippen LogP contribution is 2.44. The molecule has 0 unspecified atom stereocenters. The summed E-state index contributed by atoms with van der Waals surface area (Å²) in [6.07, 6.45) is 8.46. The molecular weight excluding hydrogens is 424 g/mol. The first-order valence-electron chi connectivity index (χ1n) is 12.2. The van der Waals surface area contributed by atoms with Crippen LogP contribution in [0, 0.1) is 27.7 Å². The van der Waals surface area contributed by atoms with E-state index in [2.05, 4.69) is 78.9 Å². The van der Waals surface area contributed by atoms with Crippen LogP contribution in [0.25, 0.3) is 0 Å². The minimum atomic E-state index is -0.000163. The number of nitrogens with one attached hydrogen (secondary N) is 1. The van der Waals surface area contributed by atoms with Crippen molar-refractivity contribution in [3.8, 4) is 0 Å². The molecule has 172 valence electrons. The predicted octanol–water partition coefficient (Wildman–Crippen LogP) is 6.80. The number of hydrogen-bond donors (Lipinski definition) is 1. The van der Waals surface area contributed by atoms with Crippen LogP contribution in [0.5, 0.6) is 0 Å². The Kier molecular flexibility index (Phi) is 6.00. The van der Waals surface area contributed by atoms with E-state index >= 15 is 0 Å². The summed E-state index contributed by atoms with van der Waals surface area (Å²) in [5.74, 6) is 0. The molecule has 1 aromatic carbocycles. The molecular formula is C28H34N4S. The molecule has 2 aromatic heterocycles. The Hall–Kier alpha value is -2.66. The minimum Gasteiger partial charge on any atom is -0.351 e. The zero-order valence-corrected chi connectivity index (χ0v) is 21.0. The Labute approximate surface area is 203 Å². The van der Waals surface area contributed by atoms with Gasteiger partial charge in [-0.25, -0.2) is 0 Å². The van der Waals surface area contributed by atoms with Crippen LogP contribution in [-0.4, -0.2) is 14.7 Å². The van der Waals surface area contributed by atoms with Gasteiger partial charge in [0.05, 0.1) is 17.8 Å². The van der Waals surface area contributed by atoms with Crippen molar-refractivity contribution in [3.05, 3.63) is 82.4 Å². The van der Waals surface area contributed by atoms with Gasteiger partial charge in [0.25, 0.3) is 0 Å². The molecule has 3 heterocycles. The number of pyridine rings is 1. The van der Waals surface area contributed by atoms with Crippen molar-refractivity contribution < 1.29 is 0 Å². The fraction of sp³-hybridized carbons (Fsp3) is 0.429. The molecule has 2 fully saturated rings. The Morgan fingerprint density at radius 2 is 1.67 bits per heavy atom. The van der Waals surface area contributed by atoms with Crippen molar-refractivity contribution in [2.24, 2.45) is 0 Å². The Morgan fingerprint density at radius 1 is 0.939 bits per heavy atom. The van der Waals surface area contributed by atoms with Gasteiger partial charge in [0.2, 0.25) is 0 Å². The highest BCUT2D eigenvalue weighted by molar-refractivity contribution is 7.80. The monoisotopic (exact) mass is 458 g/mol. The SMILES string of the molecule is Cc1cc(C)cc(N2C(=S)N[C@@H](c3ccccn3)[C@@H]2c2cc(C)n(C3CCCCC3)c2C)c1. The van der Waals surface area contributed by atoms with Crippen LogP contribution >= 0.6 is 12.2 Å². The first kappa shape index (κ1) is 22.1. The van der Waals surface area contributed by atoms with E-state index in [-0.39, 0.29) is 12.1 Å². The van der Waals surface area contributed by atoms with Gasteiger partial charge >= 0.3 is 0 Å². The molecule has 2 atom stereocenters. The van der Waals surface area contributed by atoms with Crippen LogP contribution < -0.4 is 10.2 Å². The lowest BCUT2D eigenvalue weighted by Gasteiger charge is -2.30. The third-order valence-electron chi connectivity index (χ3n) is 7.36. The van der Waals surface area contributed by atoms with Crippen molar-refractivity contribution >= 4 is 23.0 Å². The first-order valence-corrected chi connectivity index (χ1v) is 12.6. The third-order valence-corrected chi connectivity index (χ3v) is 7.68. The molecule has 5 rings (SSSR count). The zero-order valence-electron chi connectivity index (χ0n) is 20.1. The van der Waals surface area contributed by atoms with E-state index in [0.717, 1.165) is 16.5 Å². The summed E-state index contributed by atoms with van der Waals surface area (Å²) in [6, 6.07) is 15.9. The van der Waals surface area contributed by atoms with E-state index in [9.17, 15) is 0 Å². The number of hydrogen-bond acceptors (Lipinski definition) is 2. The first-order chi connectivity index (χ1) is 15.9. The summed E-state index contributed by atoms with van der Waals surface area (Å²) in [4.78, 5) is 7.05. The molecule has 1 saturated carbocycles. The van der Waals surface area contributed by atoms with Crippen molar-refractivity contribution in [2.75, 3.05) is 4.90 Å². The topological polar surface area (TPSA) is 33.1 Å². The fourth-order valence-corrected chi connectivity index (χ4v) is 6.39. The van der Waals surface area contributed by atoms with Gasteiger partial charge in [-0.15, -0.1) is 0 Å². The van der Waals surface area contributed by atoms with Crippen molar-refractivity contribution in [1.82, 2.24) is 14.9 Å². The van der Waals surface area contributed by atoms with E-state index in [1.165, 1.54) is 60.2 Å². The average Bonchev–Trinajstić information content (AvgIpc) is 3.29. The highest BCUT2D eigenvalue weighted by atomic mass is 32.1. The van der Waals surface area contributed by atoms with Gasteiger partial charge in [-0.05, 0) is 99.8 Å². The average molecular weight is 459 g/mol. The quantitative estimate of drug-likeness (QED) is 0.436. The van der Waals surface area contributed by atoms with E-state index in [1.54, 1.807) is 0 Å². The molecule has 0 bridgehead atoms. The number of aryl methyl sites for hydroxylation is 3. The van der Waals surface area contributed by atoms with Gasteiger partial charge < -0.3 is 14.8 Å². The molecule has 0 radical (unpaired) electrons. The van der Waals surface area contributed by atoms with Crippen molar-refractivity contribution in [1.29, 1.82) is 0 Å². The van der Waals surface area contributed by atoms with Crippen molar-refractivity contribution in [3.63, 3.8) is 0 Å². The van der Waals surface area contributed by atoms with Crippen molar-refractivity contribution in [2.45, 2.75) is 77.9 Å². The predicted molar refractivity (Wildman–Crippen MR) is 140 cm³/mol. The highest BCUT2D eigenvalue weighted by Gasteiger charge is 2.42. The summed E-state index contributed by atoms with van der Waals surface area (Å²) in [5, 5.41) is 4.39.